The third kappa shape index (κ3) is 6.64. The van der Waals surface area contributed by atoms with Crippen molar-refractivity contribution in [2.24, 2.45) is 0 Å². The molecule has 6 heteroatoms. The van der Waals surface area contributed by atoms with Gasteiger partial charge >= 0.3 is 0 Å². The molecule has 2 nitrogen and oxygen atoms in total. The highest BCUT2D eigenvalue weighted by atomic mass is 35.5. The molecule has 0 bridgehead atoms. The number of hydrogen-bond donors (Lipinski definition) is 2. The van der Waals surface area contributed by atoms with Crippen molar-refractivity contribution in [2.45, 2.75) is 47.0 Å². The second-order valence-electron chi connectivity index (χ2n) is 3.02. The fourth-order valence-corrected chi connectivity index (χ4v) is 4.08. The van der Waals surface area contributed by atoms with Crippen LogP contribution in [0.3, 0.4) is 0 Å². The van der Waals surface area contributed by atoms with Crippen molar-refractivity contribution >= 4 is 46.7 Å². The van der Waals surface area contributed by atoms with Crippen LogP contribution < -0.4 is 0 Å². The first-order valence-corrected chi connectivity index (χ1v) is 7.05. The predicted molar refractivity (Wildman–Crippen MR) is 67.3 cm³/mol. The maximum Gasteiger partial charge on any atom is 0.105 e. The second-order valence-corrected chi connectivity index (χ2v) is 7.75. The van der Waals surface area contributed by atoms with Gasteiger partial charge in [0.2, 0.25) is 0 Å². The van der Waals surface area contributed by atoms with Gasteiger partial charge in [-0.2, -0.15) is 0 Å². The lowest BCUT2D eigenvalue weighted by molar-refractivity contribution is 0.211. The third-order valence-electron chi connectivity index (χ3n) is 1.40. The zero-order valence-electron chi connectivity index (χ0n) is 8.35. The monoisotopic (exact) mass is 278 g/mol. The third-order valence-corrected chi connectivity index (χ3v) is 5.49. The van der Waals surface area contributed by atoms with Gasteiger partial charge in [-0.05, 0) is 20.8 Å². The SMILES string of the molecule is CC(SC(Cl)C(C)O)SC(Cl)C(C)O. The molecule has 0 aromatic heterocycles. The van der Waals surface area contributed by atoms with Crippen LogP contribution in [0.1, 0.15) is 20.8 Å². The van der Waals surface area contributed by atoms with Crippen molar-refractivity contribution in [3.05, 3.63) is 0 Å². The highest BCUT2D eigenvalue weighted by Crippen LogP contribution is 2.35. The van der Waals surface area contributed by atoms with Crippen LogP contribution in [-0.2, 0) is 0 Å². The maximum absolute atomic E-state index is 9.17. The molecule has 0 aliphatic carbocycles. The smallest absolute Gasteiger partial charge is 0.105 e. The van der Waals surface area contributed by atoms with Gasteiger partial charge in [0.15, 0.2) is 0 Å². The molecular weight excluding hydrogens is 263 g/mol. The van der Waals surface area contributed by atoms with E-state index < -0.39 is 12.2 Å². The first kappa shape index (κ1) is 15.2. The Labute approximate surface area is 104 Å². The molecule has 0 rings (SSSR count). The zero-order chi connectivity index (χ0) is 11.3. The molecule has 0 heterocycles. The Balaban J connectivity index is 3.80. The number of hydrogen-bond acceptors (Lipinski definition) is 4. The molecule has 0 amide bonds. The van der Waals surface area contributed by atoms with Crippen LogP contribution in [0, 0.1) is 0 Å². The summed E-state index contributed by atoms with van der Waals surface area (Å²) in [5.74, 6) is 0. The summed E-state index contributed by atoms with van der Waals surface area (Å²) >= 11 is 14.6. The van der Waals surface area contributed by atoms with E-state index in [9.17, 15) is 0 Å². The van der Waals surface area contributed by atoms with E-state index in [1.54, 1.807) is 13.8 Å². The zero-order valence-corrected chi connectivity index (χ0v) is 11.5. The van der Waals surface area contributed by atoms with E-state index in [0.717, 1.165) is 0 Å². The molecule has 0 aliphatic heterocycles. The van der Waals surface area contributed by atoms with Gasteiger partial charge in [0, 0.05) is 0 Å². The van der Waals surface area contributed by atoms with E-state index in [0.29, 0.717) is 0 Å². The van der Waals surface area contributed by atoms with Crippen molar-refractivity contribution in [2.75, 3.05) is 0 Å². The van der Waals surface area contributed by atoms with E-state index in [4.69, 9.17) is 33.4 Å². The first-order chi connectivity index (χ1) is 6.34. The molecule has 0 fully saturated rings. The topological polar surface area (TPSA) is 40.5 Å². The van der Waals surface area contributed by atoms with Gasteiger partial charge in [0.05, 0.1) is 16.8 Å². The molecule has 4 atom stereocenters. The van der Waals surface area contributed by atoms with Gasteiger partial charge in [-0.15, -0.1) is 46.7 Å². The molecule has 0 aromatic rings. The van der Waals surface area contributed by atoms with Crippen molar-refractivity contribution in [1.29, 1.82) is 0 Å². The molecule has 0 saturated heterocycles. The van der Waals surface area contributed by atoms with E-state index in [1.165, 1.54) is 23.5 Å². The Morgan fingerprint density at radius 2 is 1.14 bits per heavy atom. The van der Waals surface area contributed by atoms with Gasteiger partial charge in [-0.25, -0.2) is 0 Å². The van der Waals surface area contributed by atoms with E-state index in [-0.39, 0.29) is 14.0 Å². The van der Waals surface area contributed by atoms with Gasteiger partial charge in [0.1, 0.15) is 9.42 Å². The normalized spacial score (nSPS) is 22.5. The molecule has 0 saturated carbocycles. The first-order valence-electron chi connectivity index (χ1n) is 4.29. The van der Waals surface area contributed by atoms with Crippen LogP contribution in [0.4, 0.5) is 0 Å². The summed E-state index contributed by atoms with van der Waals surface area (Å²) in [4.78, 5) is 0. The number of thioether (sulfide) groups is 2. The van der Waals surface area contributed by atoms with Crippen molar-refractivity contribution < 1.29 is 10.2 Å². The second kappa shape index (κ2) is 7.47. The van der Waals surface area contributed by atoms with Gasteiger partial charge in [0.25, 0.3) is 0 Å². The molecular formula is C8H16Cl2O2S2. The predicted octanol–water partition coefficient (Wildman–Crippen LogP) is 2.69. The van der Waals surface area contributed by atoms with Crippen molar-refractivity contribution in [1.82, 2.24) is 0 Å². The lowest BCUT2D eigenvalue weighted by Gasteiger charge is -2.20. The highest BCUT2D eigenvalue weighted by Gasteiger charge is 2.20. The average molecular weight is 279 g/mol. The summed E-state index contributed by atoms with van der Waals surface area (Å²) in [7, 11) is 0. The maximum atomic E-state index is 9.17. The summed E-state index contributed by atoms with van der Waals surface area (Å²) in [5.41, 5.74) is 0. The average Bonchev–Trinajstić information content (AvgIpc) is 2.03. The van der Waals surface area contributed by atoms with E-state index >= 15 is 0 Å². The Bertz CT molecular complexity index is 142. The Hall–Kier alpha value is 1.20. The quantitative estimate of drug-likeness (QED) is 0.579. The summed E-state index contributed by atoms with van der Waals surface area (Å²) < 4.78 is -0.532. The number of aliphatic hydroxyl groups excluding tert-OH is 2. The number of rotatable bonds is 6. The van der Waals surface area contributed by atoms with Crippen LogP contribution >= 0.6 is 46.7 Å². The Morgan fingerprint density at radius 3 is 1.36 bits per heavy atom. The minimum Gasteiger partial charge on any atom is -0.391 e. The molecule has 0 spiro atoms. The molecule has 14 heavy (non-hydrogen) atoms. The Kier molecular flexibility index (Phi) is 8.11. The van der Waals surface area contributed by atoms with Crippen molar-refractivity contribution in [3.63, 3.8) is 0 Å². The van der Waals surface area contributed by atoms with Gasteiger partial charge in [-0.3, -0.25) is 0 Å². The summed E-state index contributed by atoms with van der Waals surface area (Å²) in [5, 5.41) is 18.3. The van der Waals surface area contributed by atoms with Crippen LogP contribution in [0.25, 0.3) is 0 Å². The molecule has 2 N–H and O–H groups in total. The lowest BCUT2D eigenvalue weighted by Crippen LogP contribution is -2.18. The molecule has 86 valence electrons. The fraction of sp³-hybridized carbons (Fsp3) is 1.00. The van der Waals surface area contributed by atoms with Crippen LogP contribution in [0.2, 0.25) is 0 Å². The van der Waals surface area contributed by atoms with Crippen molar-refractivity contribution in [3.8, 4) is 0 Å². The summed E-state index contributed by atoms with van der Waals surface area (Å²) in [6.45, 7) is 5.24. The standard InChI is InChI=1S/C8H16Cl2O2S2/c1-4(11)7(9)13-6(3)14-8(10)5(2)12/h4-8,11-12H,1-3H3. The van der Waals surface area contributed by atoms with E-state index in [1.807, 2.05) is 6.92 Å². The van der Waals surface area contributed by atoms with Crippen LogP contribution in [-0.4, -0.2) is 36.4 Å². The lowest BCUT2D eigenvalue weighted by atomic mass is 10.5. The minimum atomic E-state index is -0.551. The molecule has 4 unspecified atom stereocenters. The number of aliphatic hydroxyl groups is 2. The molecule has 0 aliphatic rings. The highest BCUT2D eigenvalue weighted by molar-refractivity contribution is 8.18. The number of alkyl halides is 2. The van der Waals surface area contributed by atoms with E-state index in [2.05, 4.69) is 0 Å². The Morgan fingerprint density at radius 1 is 0.857 bits per heavy atom. The van der Waals surface area contributed by atoms with Crippen LogP contribution in [0.5, 0.6) is 0 Å². The summed E-state index contributed by atoms with van der Waals surface area (Å²) in [6.07, 6.45) is -1.10. The summed E-state index contributed by atoms with van der Waals surface area (Å²) in [6, 6.07) is 0. The molecule has 0 radical (unpaired) electrons. The van der Waals surface area contributed by atoms with Gasteiger partial charge in [-0.1, -0.05) is 0 Å². The molecule has 0 aromatic carbocycles. The minimum absolute atomic E-state index is 0.143. The fourth-order valence-electron chi connectivity index (χ4n) is 0.626. The van der Waals surface area contributed by atoms with Gasteiger partial charge < -0.3 is 10.2 Å². The largest absolute Gasteiger partial charge is 0.391 e. The number of halogens is 2. The van der Waals surface area contributed by atoms with Crippen LogP contribution in [0.15, 0.2) is 0 Å².